The lowest BCUT2D eigenvalue weighted by atomic mass is 9.89. The van der Waals surface area contributed by atoms with Crippen molar-refractivity contribution in [2.45, 2.75) is 104 Å². The number of rotatable bonds is 11. The molecular formula is C31H47NO5Si. The average molecular weight is 542 g/mol. The third-order valence-electron chi connectivity index (χ3n) is 7.17. The molecule has 0 saturated heterocycles. The van der Waals surface area contributed by atoms with E-state index in [2.05, 4.69) is 39.2 Å². The first-order valence-corrected chi connectivity index (χ1v) is 16.4. The fourth-order valence-electron chi connectivity index (χ4n) is 4.01. The number of carbonyl (C=O) groups is 2. The summed E-state index contributed by atoms with van der Waals surface area (Å²) in [7, 11) is -2.33. The molecule has 0 aliphatic rings. The van der Waals surface area contributed by atoms with Crippen molar-refractivity contribution in [1.29, 1.82) is 0 Å². The summed E-state index contributed by atoms with van der Waals surface area (Å²) in [6.07, 6.45) is 0.0966. The van der Waals surface area contributed by atoms with Gasteiger partial charge in [-0.2, -0.15) is 0 Å². The Balaban J connectivity index is 2.47. The van der Waals surface area contributed by atoms with Gasteiger partial charge >= 0.3 is 12.1 Å². The molecule has 2 N–H and O–H groups in total. The smallest absolute Gasteiger partial charge is 0.407 e. The second-order valence-corrected chi connectivity index (χ2v) is 17.6. The maximum atomic E-state index is 13.0. The van der Waals surface area contributed by atoms with E-state index < -0.39 is 44.0 Å². The van der Waals surface area contributed by atoms with E-state index in [9.17, 15) is 14.7 Å². The number of carboxylic acid groups (broad SMARTS) is 1. The zero-order chi connectivity index (χ0) is 28.7. The molecule has 0 aliphatic carbocycles. The summed E-state index contributed by atoms with van der Waals surface area (Å²) in [5.41, 5.74) is 2.47. The van der Waals surface area contributed by atoms with Gasteiger partial charge in [0.2, 0.25) is 0 Å². The minimum absolute atomic E-state index is 0.0931. The largest absolute Gasteiger partial charge is 0.481 e. The molecule has 0 bridgehead atoms. The lowest BCUT2D eigenvalue weighted by molar-refractivity contribution is -0.142. The highest BCUT2D eigenvalue weighted by Crippen LogP contribution is 2.39. The zero-order valence-corrected chi connectivity index (χ0v) is 25.6. The van der Waals surface area contributed by atoms with Crippen LogP contribution in [0.4, 0.5) is 4.79 Å². The fourth-order valence-corrected chi connectivity index (χ4v) is 5.38. The molecule has 1 amide bonds. The first-order chi connectivity index (χ1) is 17.5. The summed E-state index contributed by atoms with van der Waals surface area (Å²) >= 11 is 0. The molecule has 38 heavy (non-hydrogen) atoms. The summed E-state index contributed by atoms with van der Waals surface area (Å²) in [4.78, 5) is 25.5. The topological polar surface area (TPSA) is 84.9 Å². The molecular weight excluding hydrogens is 494 g/mol. The van der Waals surface area contributed by atoms with Crippen LogP contribution in [0.25, 0.3) is 0 Å². The normalized spacial score (nSPS) is 14.9. The van der Waals surface area contributed by atoms with Crippen LogP contribution in [0.5, 0.6) is 0 Å². The van der Waals surface area contributed by atoms with Crippen LogP contribution in [0.2, 0.25) is 18.1 Å². The summed E-state index contributed by atoms with van der Waals surface area (Å²) in [6.45, 7) is 18.3. The Morgan fingerprint density at radius 2 is 1.45 bits per heavy atom. The predicted octanol–water partition coefficient (Wildman–Crippen LogP) is 7.15. The molecule has 2 rings (SSSR count). The standard InChI is InChI=1S/C31H47NO5Si/c1-22-15-17-24(18-16-22)19-25(28(33)34)21-27(37-38(8,9)31(5,6)7)26(20-23-13-11-10-12-14-23)32-29(35)36-30(2,3)4/h10-18,25-27H,19-21H2,1-9H3,(H,32,35)(H,33,34)/t25-,26-,27+/m0/s1. The summed E-state index contributed by atoms with van der Waals surface area (Å²) < 4.78 is 12.5. The van der Waals surface area contributed by atoms with Crippen LogP contribution < -0.4 is 5.32 Å². The van der Waals surface area contributed by atoms with Crippen molar-refractivity contribution in [3.05, 3.63) is 71.3 Å². The number of benzene rings is 2. The molecule has 0 spiro atoms. The van der Waals surface area contributed by atoms with Gasteiger partial charge in [-0.05, 0) is 76.2 Å². The molecule has 2 aromatic rings. The monoisotopic (exact) mass is 541 g/mol. The van der Waals surface area contributed by atoms with Gasteiger partial charge in [0.1, 0.15) is 5.60 Å². The molecule has 0 saturated carbocycles. The van der Waals surface area contributed by atoms with Gasteiger partial charge in [0.05, 0.1) is 18.1 Å². The highest BCUT2D eigenvalue weighted by atomic mass is 28.4. The molecule has 0 heterocycles. The molecule has 2 aromatic carbocycles. The molecule has 0 unspecified atom stereocenters. The van der Waals surface area contributed by atoms with E-state index in [1.54, 1.807) is 0 Å². The SMILES string of the molecule is Cc1ccc(C[C@@H](C[C@@H](O[Si](C)(C)C(C)(C)C)[C@H](Cc2ccccc2)NC(=O)OC(C)(C)C)C(=O)O)cc1. The van der Waals surface area contributed by atoms with Crippen LogP contribution in [0, 0.1) is 12.8 Å². The molecule has 3 atom stereocenters. The van der Waals surface area contributed by atoms with Crippen LogP contribution >= 0.6 is 0 Å². The van der Waals surface area contributed by atoms with Crippen molar-refractivity contribution in [1.82, 2.24) is 5.32 Å². The summed E-state index contributed by atoms with van der Waals surface area (Å²) in [5.74, 6) is -1.55. The van der Waals surface area contributed by atoms with E-state index in [-0.39, 0.29) is 11.5 Å². The minimum atomic E-state index is -2.33. The lowest BCUT2D eigenvalue weighted by Gasteiger charge is -2.42. The molecule has 6 nitrogen and oxygen atoms in total. The lowest BCUT2D eigenvalue weighted by Crippen LogP contribution is -2.54. The average Bonchev–Trinajstić information content (AvgIpc) is 2.77. The number of hydrogen-bond donors (Lipinski definition) is 2. The van der Waals surface area contributed by atoms with Gasteiger partial charge in [0.15, 0.2) is 8.32 Å². The Morgan fingerprint density at radius 1 is 0.895 bits per heavy atom. The predicted molar refractivity (Wildman–Crippen MR) is 156 cm³/mol. The number of amides is 1. The number of carbonyl (C=O) groups excluding carboxylic acids is 1. The maximum Gasteiger partial charge on any atom is 0.407 e. The zero-order valence-electron chi connectivity index (χ0n) is 24.6. The molecule has 0 aromatic heterocycles. The Labute approximate surface area is 230 Å². The third kappa shape index (κ3) is 10.3. The fraction of sp³-hybridized carbons (Fsp3) is 0.548. The van der Waals surface area contributed by atoms with Gasteiger partial charge in [0.25, 0.3) is 0 Å². The molecule has 0 aliphatic heterocycles. The highest BCUT2D eigenvalue weighted by molar-refractivity contribution is 6.74. The van der Waals surface area contributed by atoms with Gasteiger partial charge in [-0.15, -0.1) is 0 Å². The van der Waals surface area contributed by atoms with Crippen LogP contribution in [0.15, 0.2) is 54.6 Å². The van der Waals surface area contributed by atoms with Gasteiger partial charge < -0.3 is 19.6 Å². The van der Waals surface area contributed by atoms with E-state index in [1.807, 2.05) is 82.3 Å². The Morgan fingerprint density at radius 3 is 1.95 bits per heavy atom. The van der Waals surface area contributed by atoms with Crippen LogP contribution in [0.3, 0.4) is 0 Å². The summed E-state index contributed by atoms with van der Waals surface area (Å²) in [5, 5.41) is 13.2. The first kappa shape index (κ1) is 31.6. The van der Waals surface area contributed by atoms with E-state index in [1.165, 1.54) is 0 Å². The van der Waals surface area contributed by atoms with Crippen molar-refractivity contribution in [3.8, 4) is 0 Å². The second kappa shape index (κ2) is 12.9. The molecule has 0 radical (unpaired) electrons. The van der Waals surface area contributed by atoms with Crippen LogP contribution in [-0.4, -0.2) is 43.2 Å². The minimum Gasteiger partial charge on any atom is -0.481 e. The van der Waals surface area contributed by atoms with Crippen molar-refractivity contribution in [3.63, 3.8) is 0 Å². The number of hydrogen-bond acceptors (Lipinski definition) is 4. The quantitative estimate of drug-likeness (QED) is 0.295. The first-order valence-electron chi connectivity index (χ1n) is 13.5. The maximum absolute atomic E-state index is 13.0. The van der Waals surface area contributed by atoms with E-state index in [0.29, 0.717) is 12.8 Å². The third-order valence-corrected chi connectivity index (χ3v) is 11.7. The Hall–Kier alpha value is -2.64. The van der Waals surface area contributed by atoms with E-state index in [0.717, 1.165) is 16.7 Å². The number of nitrogens with one attached hydrogen (secondary N) is 1. The van der Waals surface area contributed by atoms with Crippen LogP contribution in [-0.2, 0) is 26.8 Å². The van der Waals surface area contributed by atoms with Gasteiger partial charge in [0, 0.05) is 0 Å². The number of aryl methyl sites for hydroxylation is 1. The Kier molecular flexibility index (Phi) is 10.8. The molecule has 210 valence electrons. The van der Waals surface area contributed by atoms with Crippen LogP contribution in [0.1, 0.15) is 64.7 Å². The van der Waals surface area contributed by atoms with Gasteiger partial charge in [-0.3, -0.25) is 4.79 Å². The van der Waals surface area contributed by atoms with E-state index in [4.69, 9.17) is 9.16 Å². The van der Waals surface area contributed by atoms with Crippen molar-refractivity contribution in [2.75, 3.05) is 0 Å². The summed E-state index contributed by atoms with van der Waals surface area (Å²) in [6, 6.07) is 17.4. The highest BCUT2D eigenvalue weighted by Gasteiger charge is 2.42. The number of alkyl carbamates (subject to hydrolysis) is 1. The molecule has 7 heteroatoms. The number of carboxylic acids is 1. The number of aliphatic carboxylic acids is 1. The van der Waals surface area contributed by atoms with Crippen molar-refractivity contribution < 1.29 is 23.9 Å². The number of ether oxygens (including phenoxy) is 1. The Bertz CT molecular complexity index is 1040. The van der Waals surface area contributed by atoms with Gasteiger partial charge in [-0.1, -0.05) is 80.9 Å². The second-order valence-electron chi connectivity index (χ2n) is 12.8. The van der Waals surface area contributed by atoms with E-state index >= 15 is 0 Å². The van der Waals surface area contributed by atoms with Crippen molar-refractivity contribution in [2.24, 2.45) is 5.92 Å². The van der Waals surface area contributed by atoms with Crippen molar-refractivity contribution >= 4 is 20.4 Å². The van der Waals surface area contributed by atoms with Gasteiger partial charge in [-0.25, -0.2) is 4.79 Å². The molecule has 0 fully saturated rings.